The fourth-order valence-electron chi connectivity index (χ4n) is 3.86. The molecule has 0 amide bonds. The molecule has 2 aliphatic heterocycles. The molecule has 3 heterocycles. The number of piperidine rings is 1. The lowest BCUT2D eigenvalue weighted by molar-refractivity contribution is -0.0702. The number of rotatable bonds is 2. The molecule has 0 aliphatic carbocycles. The van der Waals surface area contributed by atoms with E-state index in [1.807, 2.05) is 30.5 Å². The van der Waals surface area contributed by atoms with Gasteiger partial charge in [0, 0.05) is 41.3 Å². The van der Waals surface area contributed by atoms with Gasteiger partial charge in [-0.05, 0) is 31.3 Å². The van der Waals surface area contributed by atoms with E-state index >= 15 is 0 Å². The largest absolute Gasteiger partial charge is 0.378 e. The Kier molecular flexibility index (Phi) is 3.43. The van der Waals surface area contributed by atoms with Crippen molar-refractivity contribution in [3.05, 3.63) is 42.2 Å². The van der Waals surface area contributed by atoms with Crippen LogP contribution in [-0.4, -0.2) is 48.0 Å². The third kappa shape index (κ3) is 2.23. The van der Waals surface area contributed by atoms with E-state index in [4.69, 9.17) is 4.74 Å². The molecule has 1 aromatic carbocycles. The number of morpholine rings is 1. The van der Waals surface area contributed by atoms with Crippen molar-refractivity contribution in [3.63, 3.8) is 0 Å². The number of Topliss-reactive ketones (excluding diaryl/α,β-unsaturated/α-hetero) is 1. The highest BCUT2D eigenvalue weighted by atomic mass is 16.5. The molecule has 1 aromatic heterocycles. The van der Waals surface area contributed by atoms with Crippen LogP contribution in [0.5, 0.6) is 0 Å². The van der Waals surface area contributed by atoms with Crippen molar-refractivity contribution in [3.8, 4) is 0 Å². The monoisotopic (exact) mass is 296 g/mol. The SMILES string of the molecule is CN1C2COCC1CC(C(=O)c1cccc3ccncc13)C2. The summed E-state index contributed by atoms with van der Waals surface area (Å²) in [6.07, 6.45) is 5.36. The molecule has 4 heteroatoms. The number of ether oxygens (including phenoxy) is 1. The normalized spacial score (nSPS) is 28.7. The molecule has 2 atom stereocenters. The maximum absolute atomic E-state index is 13.1. The zero-order valence-electron chi connectivity index (χ0n) is 12.7. The minimum Gasteiger partial charge on any atom is -0.378 e. The first-order valence-corrected chi connectivity index (χ1v) is 7.90. The number of carbonyl (C=O) groups is 1. The molecule has 2 unspecified atom stereocenters. The lowest BCUT2D eigenvalue weighted by Gasteiger charge is -2.46. The summed E-state index contributed by atoms with van der Waals surface area (Å²) in [5.74, 6) is 0.365. The van der Waals surface area contributed by atoms with E-state index in [2.05, 4.69) is 16.9 Å². The number of hydrogen-bond donors (Lipinski definition) is 0. The van der Waals surface area contributed by atoms with Crippen LogP contribution in [-0.2, 0) is 4.74 Å². The smallest absolute Gasteiger partial charge is 0.166 e. The van der Waals surface area contributed by atoms with E-state index in [9.17, 15) is 4.79 Å². The fourth-order valence-corrected chi connectivity index (χ4v) is 3.86. The number of carbonyl (C=O) groups excluding carboxylic acids is 1. The fraction of sp³-hybridized carbons (Fsp3) is 0.444. The van der Waals surface area contributed by atoms with Gasteiger partial charge in [0.25, 0.3) is 0 Å². The number of likely N-dealkylation sites (N-methyl/N-ethyl adjacent to an activating group) is 1. The Balaban J connectivity index is 1.66. The van der Waals surface area contributed by atoms with E-state index < -0.39 is 0 Å². The molecule has 2 saturated heterocycles. The Hall–Kier alpha value is -1.78. The average Bonchev–Trinajstić information content (AvgIpc) is 2.53. The molecular formula is C18H20N2O2. The van der Waals surface area contributed by atoms with E-state index in [-0.39, 0.29) is 11.7 Å². The second kappa shape index (κ2) is 5.45. The topological polar surface area (TPSA) is 42.4 Å². The highest BCUT2D eigenvalue weighted by molar-refractivity contribution is 6.08. The van der Waals surface area contributed by atoms with Crippen LogP contribution >= 0.6 is 0 Å². The zero-order chi connectivity index (χ0) is 15.1. The maximum Gasteiger partial charge on any atom is 0.166 e. The van der Waals surface area contributed by atoms with Gasteiger partial charge in [0.2, 0.25) is 0 Å². The first-order chi connectivity index (χ1) is 10.7. The minimum atomic E-state index is 0.0981. The van der Waals surface area contributed by atoms with Crippen molar-refractivity contribution in [2.45, 2.75) is 24.9 Å². The number of nitrogens with zero attached hydrogens (tertiary/aromatic N) is 2. The zero-order valence-corrected chi connectivity index (χ0v) is 12.7. The van der Waals surface area contributed by atoms with Crippen LogP contribution in [0.15, 0.2) is 36.7 Å². The Morgan fingerprint density at radius 3 is 2.77 bits per heavy atom. The lowest BCUT2D eigenvalue weighted by atomic mass is 9.80. The molecule has 0 N–H and O–H groups in total. The summed E-state index contributed by atoms with van der Waals surface area (Å²) in [4.78, 5) is 19.6. The molecule has 4 rings (SSSR count). The predicted octanol–water partition coefficient (Wildman–Crippen LogP) is 2.53. The highest BCUT2D eigenvalue weighted by Gasteiger charge is 2.39. The molecular weight excluding hydrogens is 276 g/mol. The van der Waals surface area contributed by atoms with Gasteiger partial charge in [-0.3, -0.25) is 14.7 Å². The van der Waals surface area contributed by atoms with Crippen LogP contribution in [0.2, 0.25) is 0 Å². The number of aromatic nitrogens is 1. The van der Waals surface area contributed by atoms with E-state index in [0.717, 1.165) is 42.4 Å². The summed E-state index contributed by atoms with van der Waals surface area (Å²) < 4.78 is 5.65. The predicted molar refractivity (Wildman–Crippen MR) is 85.0 cm³/mol. The maximum atomic E-state index is 13.1. The third-order valence-corrected chi connectivity index (χ3v) is 5.21. The van der Waals surface area contributed by atoms with Crippen LogP contribution < -0.4 is 0 Å². The summed E-state index contributed by atoms with van der Waals surface area (Å²) in [6, 6.07) is 8.64. The Morgan fingerprint density at radius 2 is 2.00 bits per heavy atom. The Morgan fingerprint density at radius 1 is 1.23 bits per heavy atom. The molecule has 2 aromatic rings. The van der Waals surface area contributed by atoms with Crippen molar-refractivity contribution in [2.75, 3.05) is 20.3 Å². The van der Waals surface area contributed by atoms with Crippen molar-refractivity contribution in [2.24, 2.45) is 5.92 Å². The molecule has 2 aliphatic rings. The van der Waals surface area contributed by atoms with Crippen LogP contribution in [0.25, 0.3) is 10.8 Å². The van der Waals surface area contributed by atoms with Gasteiger partial charge < -0.3 is 4.74 Å². The molecule has 4 nitrogen and oxygen atoms in total. The first kappa shape index (κ1) is 13.9. The van der Waals surface area contributed by atoms with Gasteiger partial charge in [-0.15, -0.1) is 0 Å². The minimum absolute atomic E-state index is 0.0981. The molecule has 114 valence electrons. The summed E-state index contributed by atoms with van der Waals surface area (Å²) in [5, 5.41) is 2.05. The standard InChI is InChI=1S/C18H20N2O2/c1-20-14-7-13(8-15(20)11-22-10-14)18(21)16-4-2-3-12-5-6-19-9-17(12)16/h2-6,9,13-15H,7-8,10-11H2,1H3. The number of hydrogen-bond acceptors (Lipinski definition) is 4. The second-order valence-electron chi connectivity index (χ2n) is 6.45. The first-order valence-electron chi connectivity index (χ1n) is 7.90. The molecule has 0 saturated carbocycles. The summed E-state index contributed by atoms with van der Waals surface area (Å²) >= 11 is 0. The summed E-state index contributed by atoms with van der Waals surface area (Å²) in [7, 11) is 2.15. The molecule has 0 spiro atoms. The number of fused-ring (bicyclic) bond motifs is 3. The van der Waals surface area contributed by atoms with Gasteiger partial charge in [0.1, 0.15) is 0 Å². The van der Waals surface area contributed by atoms with Gasteiger partial charge in [0.15, 0.2) is 5.78 Å². The Labute approximate surface area is 130 Å². The van der Waals surface area contributed by atoms with Crippen molar-refractivity contribution in [1.29, 1.82) is 0 Å². The molecule has 0 radical (unpaired) electrons. The summed E-state index contributed by atoms with van der Waals surface area (Å²) in [6.45, 7) is 1.49. The van der Waals surface area contributed by atoms with Crippen LogP contribution in [0.3, 0.4) is 0 Å². The molecule has 22 heavy (non-hydrogen) atoms. The molecule has 2 fully saturated rings. The van der Waals surface area contributed by atoms with Crippen molar-refractivity contribution >= 4 is 16.6 Å². The van der Waals surface area contributed by atoms with Crippen LogP contribution in [0.4, 0.5) is 0 Å². The highest BCUT2D eigenvalue weighted by Crippen LogP contribution is 2.33. The van der Waals surface area contributed by atoms with Crippen LogP contribution in [0.1, 0.15) is 23.2 Å². The number of benzene rings is 1. The number of pyridine rings is 1. The van der Waals surface area contributed by atoms with E-state index in [1.54, 1.807) is 6.20 Å². The quantitative estimate of drug-likeness (QED) is 0.799. The summed E-state index contributed by atoms with van der Waals surface area (Å²) in [5.41, 5.74) is 0.819. The van der Waals surface area contributed by atoms with Gasteiger partial charge in [-0.25, -0.2) is 0 Å². The molecule has 2 bridgehead atoms. The van der Waals surface area contributed by atoms with Crippen LogP contribution in [0, 0.1) is 5.92 Å². The second-order valence-corrected chi connectivity index (χ2v) is 6.45. The third-order valence-electron chi connectivity index (χ3n) is 5.21. The van der Waals surface area contributed by atoms with Crippen molar-refractivity contribution < 1.29 is 9.53 Å². The average molecular weight is 296 g/mol. The van der Waals surface area contributed by atoms with E-state index in [1.165, 1.54) is 0 Å². The van der Waals surface area contributed by atoms with Gasteiger partial charge >= 0.3 is 0 Å². The Bertz CT molecular complexity index is 696. The van der Waals surface area contributed by atoms with Gasteiger partial charge in [-0.1, -0.05) is 18.2 Å². The lowest BCUT2D eigenvalue weighted by Crippen LogP contribution is -2.55. The van der Waals surface area contributed by atoms with Gasteiger partial charge in [0.05, 0.1) is 13.2 Å². The number of ketones is 1. The van der Waals surface area contributed by atoms with Crippen molar-refractivity contribution in [1.82, 2.24) is 9.88 Å². The van der Waals surface area contributed by atoms with Gasteiger partial charge in [-0.2, -0.15) is 0 Å². The van der Waals surface area contributed by atoms with E-state index in [0.29, 0.717) is 12.1 Å².